The summed E-state index contributed by atoms with van der Waals surface area (Å²) in [5, 5.41) is 11.4. The van der Waals surface area contributed by atoms with Crippen LogP contribution >= 0.6 is 0 Å². The molecule has 0 radical (unpaired) electrons. The van der Waals surface area contributed by atoms with Gasteiger partial charge in [0.25, 0.3) is 11.7 Å². The highest BCUT2D eigenvalue weighted by molar-refractivity contribution is 6.46. The third-order valence-electron chi connectivity index (χ3n) is 6.96. The molecule has 0 spiro atoms. The zero-order chi connectivity index (χ0) is 27.4. The van der Waals surface area contributed by atoms with Gasteiger partial charge in [0.2, 0.25) is 12.5 Å². The van der Waals surface area contributed by atoms with E-state index in [-0.39, 0.29) is 18.1 Å². The summed E-state index contributed by atoms with van der Waals surface area (Å²) in [6.07, 6.45) is 0.652. The fourth-order valence-corrected chi connectivity index (χ4v) is 4.92. The van der Waals surface area contributed by atoms with E-state index in [4.69, 9.17) is 23.7 Å². The number of ketones is 1. The SMILES string of the molecule is CCN(CC)CCCN1C(=O)C(=O)/C(=C(/O)c2ccc3c(c2)OCO3)C1c1cc(OC)c(OC)c(OC)c1. The molecule has 0 aliphatic carbocycles. The van der Waals surface area contributed by atoms with Crippen molar-refractivity contribution in [2.45, 2.75) is 26.3 Å². The minimum atomic E-state index is -0.870. The first kappa shape index (κ1) is 27.1. The molecule has 1 unspecified atom stereocenters. The van der Waals surface area contributed by atoms with Crippen LogP contribution in [0.15, 0.2) is 35.9 Å². The molecule has 10 nitrogen and oxygen atoms in total. The predicted octanol–water partition coefficient (Wildman–Crippen LogP) is 3.59. The van der Waals surface area contributed by atoms with Crippen molar-refractivity contribution in [3.63, 3.8) is 0 Å². The summed E-state index contributed by atoms with van der Waals surface area (Å²) < 4.78 is 27.3. The topological polar surface area (TPSA) is 107 Å². The van der Waals surface area contributed by atoms with Crippen LogP contribution in [0.2, 0.25) is 0 Å². The van der Waals surface area contributed by atoms with Gasteiger partial charge in [-0.15, -0.1) is 0 Å². The van der Waals surface area contributed by atoms with Crippen molar-refractivity contribution in [2.75, 3.05) is 54.3 Å². The monoisotopic (exact) mass is 526 g/mol. The largest absolute Gasteiger partial charge is 0.507 e. The van der Waals surface area contributed by atoms with Crippen molar-refractivity contribution in [3.8, 4) is 28.7 Å². The van der Waals surface area contributed by atoms with Gasteiger partial charge in [0, 0.05) is 12.1 Å². The molecule has 2 aliphatic heterocycles. The summed E-state index contributed by atoms with van der Waals surface area (Å²) in [5.74, 6) is 0.385. The number of carbonyl (C=O) groups is 2. The smallest absolute Gasteiger partial charge is 0.295 e. The fraction of sp³-hybridized carbons (Fsp3) is 0.429. The lowest BCUT2D eigenvalue weighted by molar-refractivity contribution is -0.140. The van der Waals surface area contributed by atoms with E-state index in [9.17, 15) is 14.7 Å². The van der Waals surface area contributed by atoms with Crippen LogP contribution in [0.4, 0.5) is 0 Å². The zero-order valence-electron chi connectivity index (χ0n) is 22.4. The molecule has 2 heterocycles. The van der Waals surface area contributed by atoms with Gasteiger partial charge in [0.15, 0.2) is 23.0 Å². The van der Waals surface area contributed by atoms with E-state index in [1.54, 1.807) is 30.3 Å². The normalized spacial score (nSPS) is 17.8. The number of nitrogens with zero attached hydrogens (tertiary/aromatic N) is 2. The summed E-state index contributed by atoms with van der Waals surface area (Å²) in [6, 6.07) is 7.41. The van der Waals surface area contributed by atoms with E-state index in [1.165, 1.54) is 26.2 Å². The molecule has 10 heteroatoms. The van der Waals surface area contributed by atoms with Crippen LogP contribution in [-0.2, 0) is 9.59 Å². The Labute approximate surface area is 222 Å². The van der Waals surface area contributed by atoms with Crippen molar-refractivity contribution >= 4 is 17.4 Å². The van der Waals surface area contributed by atoms with E-state index in [1.807, 2.05) is 0 Å². The quantitative estimate of drug-likeness (QED) is 0.267. The van der Waals surface area contributed by atoms with Crippen molar-refractivity contribution in [2.24, 2.45) is 0 Å². The first-order chi connectivity index (χ1) is 18.4. The maximum absolute atomic E-state index is 13.4. The Morgan fingerprint density at radius 1 is 1.00 bits per heavy atom. The lowest BCUT2D eigenvalue weighted by Crippen LogP contribution is -2.33. The first-order valence-electron chi connectivity index (χ1n) is 12.6. The van der Waals surface area contributed by atoms with Crippen LogP contribution in [0, 0.1) is 0 Å². The average molecular weight is 527 g/mol. The Bertz CT molecular complexity index is 1210. The highest BCUT2D eigenvalue weighted by Crippen LogP contribution is 2.46. The standard InChI is InChI=1S/C28H34N2O8/c1-6-29(7-2)11-8-12-30-24(18-14-21(34-3)27(36-5)22(15-18)35-4)23(26(32)28(30)33)25(31)17-9-10-19-20(13-17)38-16-37-19/h9-10,13-15,24,31H,6-8,11-12,16H2,1-5H3/b25-23+. The van der Waals surface area contributed by atoms with Crippen LogP contribution in [0.3, 0.4) is 0 Å². The highest BCUT2D eigenvalue weighted by atomic mass is 16.7. The maximum atomic E-state index is 13.4. The van der Waals surface area contributed by atoms with Crippen LogP contribution < -0.4 is 23.7 Å². The van der Waals surface area contributed by atoms with Crippen LogP contribution in [-0.4, -0.2) is 80.9 Å². The number of fused-ring (bicyclic) bond motifs is 1. The Kier molecular flexibility index (Phi) is 8.31. The molecule has 1 atom stereocenters. The second-order valence-electron chi connectivity index (χ2n) is 8.90. The molecule has 1 N–H and O–H groups in total. The third-order valence-corrected chi connectivity index (χ3v) is 6.96. The van der Waals surface area contributed by atoms with Gasteiger partial charge < -0.3 is 38.6 Å². The van der Waals surface area contributed by atoms with Gasteiger partial charge in [0.1, 0.15) is 5.76 Å². The number of benzene rings is 2. The van der Waals surface area contributed by atoms with E-state index in [2.05, 4.69) is 18.7 Å². The Morgan fingerprint density at radius 2 is 1.66 bits per heavy atom. The molecule has 0 bridgehead atoms. The number of aliphatic hydroxyl groups is 1. The van der Waals surface area contributed by atoms with Crippen LogP contribution in [0.25, 0.3) is 5.76 Å². The summed E-state index contributed by atoms with van der Waals surface area (Å²) in [7, 11) is 4.49. The van der Waals surface area contributed by atoms with Gasteiger partial charge in [-0.1, -0.05) is 13.8 Å². The summed E-state index contributed by atoms with van der Waals surface area (Å²) in [4.78, 5) is 30.5. The van der Waals surface area contributed by atoms with E-state index in [0.717, 1.165) is 19.6 Å². The van der Waals surface area contributed by atoms with Crippen molar-refractivity contribution in [1.82, 2.24) is 9.80 Å². The van der Waals surface area contributed by atoms with E-state index >= 15 is 0 Å². The van der Waals surface area contributed by atoms with Gasteiger partial charge in [0.05, 0.1) is 32.9 Å². The maximum Gasteiger partial charge on any atom is 0.295 e. The van der Waals surface area contributed by atoms with E-state index in [0.29, 0.717) is 52.8 Å². The van der Waals surface area contributed by atoms with Crippen molar-refractivity contribution in [1.29, 1.82) is 0 Å². The second-order valence-corrected chi connectivity index (χ2v) is 8.90. The van der Waals surface area contributed by atoms with Gasteiger partial charge in [-0.2, -0.15) is 0 Å². The predicted molar refractivity (Wildman–Crippen MR) is 140 cm³/mol. The molecule has 1 amide bonds. The molecule has 204 valence electrons. The fourth-order valence-electron chi connectivity index (χ4n) is 4.92. The van der Waals surface area contributed by atoms with Crippen LogP contribution in [0.5, 0.6) is 28.7 Å². The Hall–Kier alpha value is -3.92. The number of Topliss-reactive ketones (excluding diaryl/α,β-unsaturated/α-hetero) is 1. The lowest BCUT2D eigenvalue weighted by atomic mass is 9.94. The number of likely N-dealkylation sites (tertiary alicyclic amines) is 1. The van der Waals surface area contributed by atoms with Crippen molar-refractivity contribution in [3.05, 3.63) is 47.0 Å². The molecule has 2 aromatic carbocycles. The first-order valence-corrected chi connectivity index (χ1v) is 12.6. The molecule has 38 heavy (non-hydrogen) atoms. The molecule has 2 aliphatic rings. The lowest BCUT2D eigenvalue weighted by Gasteiger charge is -2.27. The van der Waals surface area contributed by atoms with E-state index < -0.39 is 17.7 Å². The molecule has 1 fully saturated rings. The van der Waals surface area contributed by atoms with Crippen LogP contribution in [0.1, 0.15) is 37.4 Å². The van der Waals surface area contributed by atoms with Gasteiger partial charge in [-0.05, 0) is 62.0 Å². The van der Waals surface area contributed by atoms with Crippen molar-refractivity contribution < 1.29 is 38.4 Å². The molecule has 2 aromatic rings. The highest BCUT2D eigenvalue weighted by Gasteiger charge is 2.46. The Morgan fingerprint density at radius 3 is 2.26 bits per heavy atom. The Balaban J connectivity index is 1.83. The molecular weight excluding hydrogens is 492 g/mol. The number of amides is 1. The number of ether oxygens (including phenoxy) is 5. The summed E-state index contributed by atoms with van der Waals surface area (Å²) in [5.41, 5.74) is 0.864. The average Bonchev–Trinajstić information content (AvgIpc) is 3.51. The zero-order valence-corrected chi connectivity index (χ0v) is 22.4. The van der Waals surface area contributed by atoms with Gasteiger partial charge in [-0.3, -0.25) is 9.59 Å². The number of hydrogen-bond acceptors (Lipinski definition) is 9. The number of carbonyl (C=O) groups excluding carboxylic acids is 2. The molecule has 0 saturated carbocycles. The number of aliphatic hydroxyl groups excluding tert-OH is 1. The summed E-state index contributed by atoms with van der Waals surface area (Å²) in [6.45, 7) is 7.09. The second kappa shape index (κ2) is 11.6. The summed E-state index contributed by atoms with van der Waals surface area (Å²) >= 11 is 0. The third kappa shape index (κ3) is 4.96. The van der Waals surface area contributed by atoms with Gasteiger partial charge in [-0.25, -0.2) is 0 Å². The number of methoxy groups -OCH3 is 3. The minimum Gasteiger partial charge on any atom is -0.507 e. The molecule has 1 saturated heterocycles. The number of hydrogen-bond donors (Lipinski definition) is 1. The molecule has 0 aromatic heterocycles. The molecular formula is C28H34N2O8. The number of rotatable bonds is 11. The van der Waals surface area contributed by atoms with Gasteiger partial charge >= 0.3 is 0 Å². The minimum absolute atomic E-state index is 0.0222. The molecule has 4 rings (SSSR count).